The van der Waals surface area contributed by atoms with Gasteiger partial charge in [0.1, 0.15) is 0 Å². The van der Waals surface area contributed by atoms with Gasteiger partial charge in [-0.25, -0.2) is 0 Å². The monoisotopic (exact) mass is 382 g/mol. The lowest BCUT2D eigenvalue weighted by atomic mass is 10.1. The van der Waals surface area contributed by atoms with E-state index < -0.39 is 10.0 Å². The highest BCUT2D eigenvalue weighted by Gasteiger charge is 2.28. The molecule has 0 spiro atoms. The van der Waals surface area contributed by atoms with E-state index in [0.29, 0.717) is 12.1 Å². The first kappa shape index (κ1) is 19.3. The summed E-state index contributed by atoms with van der Waals surface area (Å²) in [4.78, 5) is 11.8. The number of hydrogen-bond donors (Lipinski definition) is 1. The summed E-state index contributed by atoms with van der Waals surface area (Å²) in [7, 11) is -3.83. The summed E-state index contributed by atoms with van der Waals surface area (Å²) in [5.41, 5.74) is 1.54. The van der Waals surface area contributed by atoms with E-state index in [-0.39, 0.29) is 27.8 Å². The van der Waals surface area contributed by atoms with Crippen LogP contribution >= 0.6 is 11.3 Å². The third-order valence-corrected chi connectivity index (χ3v) is 6.42. The molecule has 0 unspecified atom stereocenters. The fourth-order valence-corrected chi connectivity index (χ4v) is 4.76. The Labute approximate surface area is 152 Å². The highest BCUT2D eigenvalue weighted by Crippen LogP contribution is 2.28. The number of sulfonamides is 1. The normalized spacial score (nSPS) is 11.6. The molecule has 9 heteroatoms. The molecule has 0 atom stereocenters. The topological polar surface area (TPSA) is 92.3 Å². The van der Waals surface area contributed by atoms with Crippen molar-refractivity contribution >= 4 is 38.1 Å². The molecule has 1 aromatic heterocycles. The lowest BCUT2D eigenvalue weighted by Crippen LogP contribution is -2.30. The van der Waals surface area contributed by atoms with E-state index >= 15 is 0 Å². The Morgan fingerprint density at radius 1 is 1.32 bits per heavy atom. The number of aryl methyl sites for hydroxylation is 1. The zero-order valence-electron chi connectivity index (χ0n) is 14.7. The van der Waals surface area contributed by atoms with Crippen molar-refractivity contribution in [3.8, 4) is 0 Å². The van der Waals surface area contributed by atoms with Crippen LogP contribution in [-0.4, -0.2) is 31.1 Å². The molecule has 136 valence electrons. The minimum atomic E-state index is -3.83. The highest BCUT2D eigenvalue weighted by molar-refractivity contribution is 7.94. The number of aromatic nitrogens is 2. The Morgan fingerprint density at radius 3 is 2.64 bits per heavy atom. The van der Waals surface area contributed by atoms with Crippen molar-refractivity contribution in [3.63, 3.8) is 0 Å². The van der Waals surface area contributed by atoms with Gasteiger partial charge in [0.05, 0.1) is 5.69 Å². The van der Waals surface area contributed by atoms with Gasteiger partial charge in [0.25, 0.3) is 14.4 Å². The maximum absolute atomic E-state index is 12.9. The Morgan fingerprint density at radius 2 is 2.04 bits per heavy atom. The first-order valence-electron chi connectivity index (χ1n) is 7.96. The summed E-state index contributed by atoms with van der Waals surface area (Å²) in [6, 6.07) is 7.24. The van der Waals surface area contributed by atoms with Crippen molar-refractivity contribution < 1.29 is 13.2 Å². The lowest BCUT2D eigenvalue weighted by molar-refractivity contribution is -0.116. The van der Waals surface area contributed by atoms with Crippen LogP contribution in [0.5, 0.6) is 0 Å². The molecule has 2 aromatic rings. The van der Waals surface area contributed by atoms with Crippen molar-refractivity contribution in [1.82, 2.24) is 10.2 Å². The molecule has 1 aromatic carbocycles. The molecule has 1 N–H and O–H groups in total. The lowest BCUT2D eigenvalue weighted by Gasteiger charge is -2.21. The van der Waals surface area contributed by atoms with E-state index in [1.807, 2.05) is 26.8 Å². The molecule has 0 saturated carbocycles. The number of benzene rings is 1. The van der Waals surface area contributed by atoms with Crippen LogP contribution in [0.4, 0.5) is 10.8 Å². The summed E-state index contributed by atoms with van der Waals surface area (Å²) in [6.07, 6.45) is 0.339. The molecule has 0 fully saturated rings. The second-order valence-electron chi connectivity index (χ2n) is 6.03. The third-order valence-electron chi connectivity index (χ3n) is 3.33. The standard InChI is InChI=1S/C16H22N4O3S2/c1-5-20(13-8-6-7-12(4)10-13)25(22,23)16-19-18-15(24-16)17-14(21)9-11(2)3/h6-8,10-11H,5,9H2,1-4H3,(H,17,18,21). The van der Waals surface area contributed by atoms with E-state index in [9.17, 15) is 13.2 Å². The molecule has 0 aliphatic carbocycles. The first-order chi connectivity index (χ1) is 11.7. The van der Waals surface area contributed by atoms with Crippen LogP contribution < -0.4 is 9.62 Å². The van der Waals surface area contributed by atoms with Crippen molar-refractivity contribution in [2.45, 2.75) is 38.5 Å². The third kappa shape index (κ3) is 4.76. The number of nitrogens with zero attached hydrogens (tertiary/aromatic N) is 3. The fraction of sp³-hybridized carbons (Fsp3) is 0.438. The van der Waals surface area contributed by atoms with Gasteiger partial charge < -0.3 is 5.32 Å². The van der Waals surface area contributed by atoms with Gasteiger partial charge in [-0.15, -0.1) is 10.2 Å². The summed E-state index contributed by atoms with van der Waals surface area (Å²) in [6.45, 7) is 7.77. The van der Waals surface area contributed by atoms with Gasteiger partial charge in [0.15, 0.2) is 0 Å². The van der Waals surface area contributed by atoms with Crippen LogP contribution in [0.1, 0.15) is 32.8 Å². The minimum Gasteiger partial charge on any atom is -0.300 e. The molecule has 7 nitrogen and oxygen atoms in total. The van der Waals surface area contributed by atoms with E-state index in [4.69, 9.17) is 0 Å². The first-order valence-corrected chi connectivity index (χ1v) is 10.2. The maximum atomic E-state index is 12.9. The molecule has 0 aliphatic rings. The van der Waals surface area contributed by atoms with Crippen LogP contribution in [0.25, 0.3) is 0 Å². The van der Waals surface area contributed by atoms with Crippen LogP contribution in [0, 0.1) is 12.8 Å². The van der Waals surface area contributed by atoms with Crippen LogP contribution in [-0.2, 0) is 14.8 Å². The molecule has 1 amide bonds. The van der Waals surface area contributed by atoms with Gasteiger partial charge in [-0.2, -0.15) is 8.42 Å². The van der Waals surface area contributed by atoms with Crippen molar-refractivity contribution in [3.05, 3.63) is 29.8 Å². The van der Waals surface area contributed by atoms with Gasteiger partial charge >= 0.3 is 0 Å². The van der Waals surface area contributed by atoms with Crippen LogP contribution in [0.3, 0.4) is 0 Å². The number of hydrogen-bond acceptors (Lipinski definition) is 6. The molecule has 25 heavy (non-hydrogen) atoms. The quantitative estimate of drug-likeness (QED) is 0.743. The molecular weight excluding hydrogens is 360 g/mol. The molecule has 2 rings (SSSR count). The summed E-state index contributed by atoms with van der Waals surface area (Å²) in [5, 5.41) is 10.3. The number of anilines is 2. The van der Waals surface area contributed by atoms with E-state index in [2.05, 4.69) is 15.5 Å². The predicted octanol–water partition coefficient (Wildman–Crippen LogP) is 3.05. The summed E-state index contributed by atoms with van der Waals surface area (Å²) in [5.74, 6) is -0.00541. The van der Waals surface area contributed by atoms with Gasteiger partial charge in [-0.05, 0) is 37.5 Å². The second-order valence-corrected chi connectivity index (χ2v) is 9.04. The van der Waals surface area contributed by atoms with Crippen molar-refractivity contribution in [1.29, 1.82) is 0 Å². The number of carbonyl (C=O) groups is 1. The molecule has 0 bridgehead atoms. The molecule has 0 radical (unpaired) electrons. The van der Waals surface area contributed by atoms with E-state index in [0.717, 1.165) is 16.9 Å². The fourth-order valence-electron chi connectivity index (χ4n) is 2.27. The second kappa shape index (κ2) is 7.92. The number of carbonyl (C=O) groups excluding carboxylic acids is 1. The largest absolute Gasteiger partial charge is 0.300 e. The predicted molar refractivity (Wildman–Crippen MR) is 99.4 cm³/mol. The van der Waals surface area contributed by atoms with Crippen LogP contribution in [0.15, 0.2) is 28.6 Å². The Kier molecular flexibility index (Phi) is 6.12. The zero-order chi connectivity index (χ0) is 18.6. The maximum Gasteiger partial charge on any atom is 0.293 e. The van der Waals surface area contributed by atoms with Crippen molar-refractivity contribution in [2.75, 3.05) is 16.2 Å². The smallest absolute Gasteiger partial charge is 0.293 e. The zero-order valence-corrected chi connectivity index (χ0v) is 16.3. The number of rotatable bonds is 7. The van der Waals surface area contributed by atoms with Gasteiger partial charge in [0.2, 0.25) is 11.0 Å². The highest BCUT2D eigenvalue weighted by atomic mass is 32.2. The Balaban J connectivity index is 2.25. The molecule has 0 aliphatic heterocycles. The van der Waals surface area contributed by atoms with Gasteiger partial charge in [-0.1, -0.05) is 37.3 Å². The summed E-state index contributed by atoms with van der Waals surface area (Å²) < 4.78 is 26.9. The Bertz CT molecular complexity index is 847. The van der Waals surface area contributed by atoms with Crippen LogP contribution in [0.2, 0.25) is 0 Å². The van der Waals surface area contributed by atoms with E-state index in [1.54, 1.807) is 25.1 Å². The number of amides is 1. The molecular formula is C16H22N4O3S2. The van der Waals surface area contributed by atoms with E-state index in [1.165, 1.54) is 4.31 Å². The average molecular weight is 383 g/mol. The van der Waals surface area contributed by atoms with Gasteiger partial charge in [0, 0.05) is 13.0 Å². The van der Waals surface area contributed by atoms with Crippen molar-refractivity contribution in [2.24, 2.45) is 5.92 Å². The Hall–Kier alpha value is -2.00. The van der Waals surface area contributed by atoms with Gasteiger partial charge in [-0.3, -0.25) is 9.10 Å². The summed E-state index contributed by atoms with van der Waals surface area (Å²) >= 11 is 0.854. The molecule has 0 saturated heterocycles. The SMILES string of the molecule is CCN(c1cccc(C)c1)S(=O)(=O)c1nnc(NC(=O)CC(C)C)s1. The average Bonchev–Trinajstić information content (AvgIpc) is 2.96. The number of nitrogens with one attached hydrogen (secondary N) is 1. The minimum absolute atomic E-state index is 0.143. The molecule has 1 heterocycles.